The molecule has 0 bridgehead atoms. The summed E-state index contributed by atoms with van der Waals surface area (Å²) in [6.07, 6.45) is 0. The third-order valence-electron chi connectivity index (χ3n) is 4.53. The van der Waals surface area contributed by atoms with Gasteiger partial charge in [-0.1, -0.05) is 56.8 Å². The van der Waals surface area contributed by atoms with Crippen molar-refractivity contribution in [1.29, 1.82) is 0 Å². The highest BCUT2D eigenvalue weighted by atomic mass is 79.9. The summed E-state index contributed by atoms with van der Waals surface area (Å²) >= 11 is 22.2. The molecule has 168 valence electrons. The molecule has 2 N–H and O–H groups in total. The lowest BCUT2D eigenvalue weighted by Gasteiger charge is -2.17. The van der Waals surface area contributed by atoms with Crippen molar-refractivity contribution in [2.45, 2.75) is 20.1 Å². The zero-order chi connectivity index (χ0) is 23.3. The van der Waals surface area contributed by atoms with E-state index in [1.807, 2.05) is 19.1 Å². The highest BCUT2D eigenvalue weighted by Crippen LogP contribution is 2.36. The molecule has 0 heterocycles. The summed E-state index contributed by atoms with van der Waals surface area (Å²) < 4.78 is 12.5. The number of aromatic carboxylic acids is 1. The first-order valence-corrected chi connectivity index (χ1v) is 11.5. The number of carbonyl (C=O) groups is 1. The van der Waals surface area contributed by atoms with Crippen LogP contribution in [0.15, 0.2) is 53.0 Å². The SMILES string of the molecule is CCOc1cc(CNc2cc(C(=O)O)ccc2Cl)c(Br)cc1OCc1c(Cl)cccc1Cl. The fourth-order valence-corrected chi connectivity index (χ4v) is 4.05. The van der Waals surface area contributed by atoms with Gasteiger partial charge in [-0.05, 0) is 55.0 Å². The van der Waals surface area contributed by atoms with E-state index in [4.69, 9.17) is 44.3 Å². The van der Waals surface area contributed by atoms with Crippen molar-refractivity contribution >= 4 is 62.4 Å². The lowest BCUT2D eigenvalue weighted by atomic mass is 10.1. The van der Waals surface area contributed by atoms with Crippen LogP contribution in [0, 0.1) is 0 Å². The van der Waals surface area contributed by atoms with E-state index in [0.717, 1.165) is 10.0 Å². The van der Waals surface area contributed by atoms with E-state index >= 15 is 0 Å². The predicted octanol–water partition coefficient (Wildman–Crippen LogP) is 7.70. The van der Waals surface area contributed by atoms with E-state index in [0.29, 0.717) is 51.0 Å². The number of carboxylic acids is 1. The molecular weight excluding hydrogens is 541 g/mol. The summed E-state index contributed by atoms with van der Waals surface area (Å²) in [5.74, 6) is 0.0649. The predicted molar refractivity (Wildman–Crippen MR) is 132 cm³/mol. The maximum absolute atomic E-state index is 11.2. The minimum atomic E-state index is -1.02. The number of ether oxygens (including phenoxy) is 2. The number of hydrogen-bond donors (Lipinski definition) is 2. The molecule has 0 amide bonds. The largest absolute Gasteiger partial charge is 0.490 e. The molecule has 0 spiro atoms. The molecule has 0 aliphatic rings. The van der Waals surface area contributed by atoms with Crippen molar-refractivity contribution in [2.75, 3.05) is 11.9 Å². The van der Waals surface area contributed by atoms with Crippen LogP contribution in [0.25, 0.3) is 0 Å². The van der Waals surface area contributed by atoms with Crippen LogP contribution in [0.2, 0.25) is 15.1 Å². The second kappa shape index (κ2) is 11.1. The lowest BCUT2D eigenvalue weighted by Crippen LogP contribution is -2.05. The zero-order valence-corrected chi connectivity index (χ0v) is 20.8. The normalized spacial score (nSPS) is 10.7. The molecule has 0 aromatic heterocycles. The second-order valence-corrected chi connectivity index (χ2v) is 8.74. The van der Waals surface area contributed by atoms with Gasteiger partial charge in [-0.15, -0.1) is 0 Å². The van der Waals surface area contributed by atoms with Gasteiger partial charge in [-0.2, -0.15) is 0 Å². The van der Waals surface area contributed by atoms with Crippen LogP contribution in [0.3, 0.4) is 0 Å². The quantitative estimate of drug-likeness (QED) is 0.281. The Morgan fingerprint density at radius 2 is 1.69 bits per heavy atom. The van der Waals surface area contributed by atoms with Crippen LogP contribution >= 0.6 is 50.7 Å². The Bertz CT molecular complexity index is 1120. The third kappa shape index (κ3) is 6.01. The summed E-state index contributed by atoms with van der Waals surface area (Å²) in [4.78, 5) is 11.2. The number of nitrogens with one attached hydrogen (secondary N) is 1. The van der Waals surface area contributed by atoms with Crippen molar-refractivity contribution in [3.05, 3.63) is 84.8 Å². The number of carboxylic acid groups (broad SMARTS) is 1. The van der Waals surface area contributed by atoms with Gasteiger partial charge in [0, 0.05) is 26.6 Å². The molecule has 0 fully saturated rings. The van der Waals surface area contributed by atoms with Crippen molar-refractivity contribution < 1.29 is 19.4 Å². The number of rotatable bonds is 9. The topological polar surface area (TPSA) is 67.8 Å². The number of hydrogen-bond acceptors (Lipinski definition) is 4. The van der Waals surface area contributed by atoms with E-state index in [1.165, 1.54) is 12.1 Å². The molecule has 5 nitrogen and oxygen atoms in total. The molecule has 0 saturated heterocycles. The average molecular weight is 560 g/mol. The molecule has 0 saturated carbocycles. The second-order valence-electron chi connectivity index (χ2n) is 6.67. The number of benzene rings is 3. The molecule has 0 unspecified atom stereocenters. The van der Waals surface area contributed by atoms with Crippen molar-refractivity contribution in [3.63, 3.8) is 0 Å². The Labute approximate surface area is 209 Å². The maximum atomic E-state index is 11.2. The minimum absolute atomic E-state index is 0.146. The number of halogens is 4. The van der Waals surface area contributed by atoms with Crippen molar-refractivity contribution in [1.82, 2.24) is 0 Å². The average Bonchev–Trinajstić information content (AvgIpc) is 2.75. The van der Waals surface area contributed by atoms with Gasteiger partial charge in [0.1, 0.15) is 6.61 Å². The monoisotopic (exact) mass is 557 g/mol. The van der Waals surface area contributed by atoms with Crippen LogP contribution in [-0.4, -0.2) is 17.7 Å². The van der Waals surface area contributed by atoms with Crippen molar-refractivity contribution in [2.24, 2.45) is 0 Å². The number of anilines is 1. The van der Waals surface area contributed by atoms with Gasteiger partial charge in [0.2, 0.25) is 0 Å². The maximum Gasteiger partial charge on any atom is 0.335 e. The van der Waals surface area contributed by atoms with E-state index in [2.05, 4.69) is 21.2 Å². The molecular formula is C23H19BrCl3NO4. The summed E-state index contributed by atoms with van der Waals surface area (Å²) in [5.41, 5.74) is 2.22. The third-order valence-corrected chi connectivity index (χ3v) is 6.30. The Kier molecular flexibility index (Phi) is 8.54. The first kappa shape index (κ1) is 24.5. The van der Waals surface area contributed by atoms with E-state index in [1.54, 1.807) is 24.3 Å². The Morgan fingerprint density at radius 3 is 2.34 bits per heavy atom. The van der Waals surface area contributed by atoms with Gasteiger partial charge >= 0.3 is 5.97 Å². The van der Waals surface area contributed by atoms with Crippen LogP contribution < -0.4 is 14.8 Å². The first-order valence-electron chi connectivity index (χ1n) is 9.57. The molecule has 0 aliphatic carbocycles. The molecule has 3 aromatic rings. The molecule has 3 aromatic carbocycles. The lowest BCUT2D eigenvalue weighted by molar-refractivity contribution is 0.0697. The smallest absolute Gasteiger partial charge is 0.335 e. The van der Waals surface area contributed by atoms with Gasteiger partial charge in [-0.3, -0.25) is 0 Å². The highest BCUT2D eigenvalue weighted by Gasteiger charge is 2.14. The minimum Gasteiger partial charge on any atom is -0.490 e. The van der Waals surface area contributed by atoms with Gasteiger partial charge in [0.05, 0.1) is 22.9 Å². The van der Waals surface area contributed by atoms with Gasteiger partial charge in [-0.25, -0.2) is 4.79 Å². The summed E-state index contributed by atoms with van der Waals surface area (Å²) in [5, 5.41) is 13.8. The van der Waals surface area contributed by atoms with E-state index in [-0.39, 0.29) is 12.2 Å². The van der Waals surface area contributed by atoms with Crippen LogP contribution in [0.4, 0.5) is 5.69 Å². The fraction of sp³-hybridized carbons (Fsp3) is 0.174. The zero-order valence-electron chi connectivity index (χ0n) is 16.9. The molecule has 0 radical (unpaired) electrons. The van der Waals surface area contributed by atoms with Gasteiger partial charge < -0.3 is 19.9 Å². The van der Waals surface area contributed by atoms with E-state index < -0.39 is 5.97 Å². The van der Waals surface area contributed by atoms with Gasteiger partial charge in [0.15, 0.2) is 11.5 Å². The Balaban J connectivity index is 1.81. The van der Waals surface area contributed by atoms with Crippen LogP contribution in [0.5, 0.6) is 11.5 Å². The summed E-state index contributed by atoms with van der Waals surface area (Å²) in [6.45, 7) is 2.89. The standard InChI is InChI=1S/C23H19BrCl3NO4/c1-2-31-21-9-14(11-28-20-8-13(23(29)30)6-7-19(20)27)16(24)10-22(21)32-12-15-17(25)4-3-5-18(15)26/h3-10,28H,2,11-12H2,1H3,(H,29,30). The summed E-state index contributed by atoms with van der Waals surface area (Å²) in [6, 6.07) is 13.4. The Hall–Kier alpha value is -2.12. The Morgan fingerprint density at radius 1 is 1.00 bits per heavy atom. The highest BCUT2D eigenvalue weighted by molar-refractivity contribution is 9.10. The van der Waals surface area contributed by atoms with Crippen LogP contribution in [0.1, 0.15) is 28.4 Å². The molecule has 3 rings (SSSR count). The molecule has 0 aliphatic heterocycles. The van der Waals surface area contributed by atoms with Crippen molar-refractivity contribution in [3.8, 4) is 11.5 Å². The summed E-state index contributed by atoms with van der Waals surface area (Å²) in [7, 11) is 0. The fourth-order valence-electron chi connectivity index (χ4n) is 2.90. The first-order chi connectivity index (χ1) is 15.3. The molecule has 32 heavy (non-hydrogen) atoms. The molecule has 9 heteroatoms. The van der Waals surface area contributed by atoms with E-state index in [9.17, 15) is 9.90 Å². The van der Waals surface area contributed by atoms with Gasteiger partial charge in [0.25, 0.3) is 0 Å². The van der Waals surface area contributed by atoms with Crippen LogP contribution in [-0.2, 0) is 13.2 Å². The molecule has 0 atom stereocenters.